The molecule has 2 heterocycles. The molecule has 0 spiro atoms. The molecule has 158 valence electrons. The minimum atomic E-state index is -0.845. The van der Waals surface area contributed by atoms with Gasteiger partial charge in [0.25, 0.3) is 0 Å². The Kier molecular flexibility index (Phi) is 4.99. The first-order valence-electron chi connectivity index (χ1n) is 10.2. The summed E-state index contributed by atoms with van der Waals surface area (Å²) in [5.74, 6) is -2.18. The summed E-state index contributed by atoms with van der Waals surface area (Å²) < 4.78 is 18.6. The van der Waals surface area contributed by atoms with E-state index in [2.05, 4.69) is 13.5 Å². The van der Waals surface area contributed by atoms with E-state index in [-0.39, 0.29) is 30.3 Å². The molecule has 28 heavy (non-hydrogen) atoms. The summed E-state index contributed by atoms with van der Waals surface area (Å²) in [6.45, 7) is 15.5. The number of carbonyl (C=O) groups is 2. The third-order valence-corrected chi connectivity index (χ3v) is 7.84. The van der Waals surface area contributed by atoms with E-state index in [1.807, 2.05) is 33.8 Å². The van der Waals surface area contributed by atoms with Crippen molar-refractivity contribution in [2.24, 2.45) is 22.7 Å². The number of ether oxygens (including phenoxy) is 3. The molecule has 0 aromatic heterocycles. The highest BCUT2D eigenvalue weighted by atomic mass is 16.7. The van der Waals surface area contributed by atoms with Crippen LogP contribution in [0.5, 0.6) is 0 Å². The Hall–Kier alpha value is -1.40. The third kappa shape index (κ3) is 3.09. The van der Waals surface area contributed by atoms with E-state index >= 15 is 0 Å². The maximum Gasteiger partial charge on any atom is 0.303 e. The van der Waals surface area contributed by atoms with Crippen LogP contribution in [-0.2, 0) is 23.8 Å². The highest BCUT2D eigenvalue weighted by molar-refractivity contribution is 5.68. The first-order valence-corrected chi connectivity index (χ1v) is 10.2. The second-order valence-corrected chi connectivity index (χ2v) is 10.0. The van der Waals surface area contributed by atoms with Gasteiger partial charge in [-0.3, -0.25) is 9.59 Å². The van der Waals surface area contributed by atoms with Crippen LogP contribution in [0, 0.1) is 22.7 Å². The zero-order chi connectivity index (χ0) is 21.1. The van der Waals surface area contributed by atoms with E-state index in [4.69, 9.17) is 14.2 Å². The van der Waals surface area contributed by atoms with Crippen LogP contribution in [0.4, 0.5) is 0 Å². The maximum absolute atomic E-state index is 11.8. The fourth-order valence-electron chi connectivity index (χ4n) is 6.39. The van der Waals surface area contributed by atoms with Crippen LogP contribution in [-0.4, -0.2) is 40.6 Å². The van der Waals surface area contributed by atoms with Crippen molar-refractivity contribution in [1.82, 2.24) is 0 Å². The Morgan fingerprint density at radius 3 is 2.43 bits per heavy atom. The summed E-state index contributed by atoms with van der Waals surface area (Å²) in [6.07, 6.45) is 3.42. The second-order valence-electron chi connectivity index (χ2n) is 10.0. The fraction of sp³-hybridized carbons (Fsp3) is 0.818. The van der Waals surface area contributed by atoms with Crippen LogP contribution in [0.15, 0.2) is 12.7 Å². The number of fused-ring (bicyclic) bond motifs is 3. The number of hydrogen-bond donors (Lipinski definition) is 1. The van der Waals surface area contributed by atoms with Gasteiger partial charge in [0.1, 0.15) is 6.10 Å². The topological polar surface area (TPSA) is 82.1 Å². The maximum atomic E-state index is 11.8. The van der Waals surface area contributed by atoms with Crippen LogP contribution in [0.25, 0.3) is 0 Å². The summed E-state index contributed by atoms with van der Waals surface area (Å²) in [5.41, 5.74) is -1.36. The van der Waals surface area contributed by atoms with Crippen LogP contribution >= 0.6 is 0 Å². The summed E-state index contributed by atoms with van der Waals surface area (Å²) in [4.78, 5) is 23.5. The SMILES string of the molecule is C=C[C@]1(C)CC[C@@H]2[C@@](C)(O[C@H]3C[C@H](OC(C)=O)C(C)(C)[C@@H](CC(=O)O)[C@]32C)O1. The molecule has 3 fully saturated rings. The van der Waals surface area contributed by atoms with Crippen molar-refractivity contribution in [3.63, 3.8) is 0 Å². The first kappa shape index (κ1) is 21.3. The van der Waals surface area contributed by atoms with Crippen molar-refractivity contribution in [3.8, 4) is 0 Å². The quantitative estimate of drug-likeness (QED) is 0.575. The number of rotatable bonds is 4. The van der Waals surface area contributed by atoms with E-state index in [1.54, 1.807) is 0 Å². The summed E-state index contributed by atoms with van der Waals surface area (Å²) in [5, 5.41) is 9.69. The highest BCUT2D eigenvalue weighted by Gasteiger charge is 2.70. The van der Waals surface area contributed by atoms with E-state index in [0.29, 0.717) is 6.42 Å². The lowest BCUT2D eigenvalue weighted by molar-refractivity contribution is -0.293. The molecule has 0 radical (unpaired) electrons. The lowest BCUT2D eigenvalue weighted by Crippen LogP contribution is -2.59. The van der Waals surface area contributed by atoms with Gasteiger partial charge < -0.3 is 19.3 Å². The Morgan fingerprint density at radius 1 is 1.25 bits per heavy atom. The monoisotopic (exact) mass is 394 g/mol. The van der Waals surface area contributed by atoms with Crippen LogP contribution in [0.3, 0.4) is 0 Å². The average molecular weight is 395 g/mol. The molecule has 0 aromatic rings. The molecule has 7 atom stereocenters. The summed E-state index contributed by atoms with van der Waals surface area (Å²) in [7, 11) is 0. The lowest BCUT2D eigenvalue weighted by Gasteiger charge is -2.57. The standard InChI is InChI=1S/C22H34O6/c1-8-20(5)10-9-14-21(6)15(11-18(24)25)19(3,4)16(26-13(2)23)12-17(21)27-22(14,7)28-20/h8,14-17H,1,9-12H2,2-7H3,(H,24,25)/t14-,15+,16-,17-,20+,21+,22-/m0/s1. The van der Waals surface area contributed by atoms with Gasteiger partial charge in [0.05, 0.1) is 11.7 Å². The van der Waals surface area contributed by atoms with Gasteiger partial charge >= 0.3 is 11.9 Å². The number of carbonyl (C=O) groups excluding carboxylic acids is 1. The van der Waals surface area contributed by atoms with Crippen LogP contribution in [0.2, 0.25) is 0 Å². The van der Waals surface area contributed by atoms with Crippen LogP contribution in [0.1, 0.15) is 67.2 Å². The zero-order valence-electron chi connectivity index (χ0n) is 17.9. The van der Waals surface area contributed by atoms with Gasteiger partial charge in [-0.1, -0.05) is 26.8 Å². The van der Waals surface area contributed by atoms with E-state index in [1.165, 1.54) is 6.92 Å². The minimum absolute atomic E-state index is 0.00638. The van der Waals surface area contributed by atoms with Crippen molar-refractivity contribution in [1.29, 1.82) is 0 Å². The molecule has 6 heteroatoms. The van der Waals surface area contributed by atoms with Crippen molar-refractivity contribution in [3.05, 3.63) is 12.7 Å². The number of esters is 1. The van der Waals surface area contributed by atoms with Gasteiger partial charge in [0.15, 0.2) is 5.79 Å². The largest absolute Gasteiger partial charge is 0.481 e. The number of aliphatic carboxylic acids is 1. The van der Waals surface area contributed by atoms with Crippen molar-refractivity contribution in [2.45, 2.75) is 90.8 Å². The smallest absolute Gasteiger partial charge is 0.303 e. The van der Waals surface area contributed by atoms with Crippen molar-refractivity contribution >= 4 is 11.9 Å². The molecular weight excluding hydrogens is 360 g/mol. The lowest BCUT2D eigenvalue weighted by atomic mass is 9.48. The molecule has 0 bridgehead atoms. The van der Waals surface area contributed by atoms with Gasteiger partial charge in [-0.15, -0.1) is 6.58 Å². The van der Waals surface area contributed by atoms with E-state index in [9.17, 15) is 14.7 Å². The molecule has 6 nitrogen and oxygen atoms in total. The molecular formula is C22H34O6. The molecule has 3 aliphatic rings. The minimum Gasteiger partial charge on any atom is -0.481 e. The Labute approximate surface area is 167 Å². The molecule has 0 amide bonds. The van der Waals surface area contributed by atoms with Gasteiger partial charge in [0.2, 0.25) is 0 Å². The molecule has 0 aromatic carbocycles. The summed E-state index contributed by atoms with van der Waals surface area (Å²) in [6, 6.07) is 0. The van der Waals surface area contributed by atoms with Crippen LogP contribution < -0.4 is 0 Å². The molecule has 2 aliphatic heterocycles. The Morgan fingerprint density at radius 2 is 1.89 bits per heavy atom. The fourth-order valence-corrected chi connectivity index (χ4v) is 6.39. The van der Waals surface area contributed by atoms with Gasteiger partial charge in [-0.2, -0.15) is 0 Å². The van der Waals surface area contributed by atoms with E-state index in [0.717, 1.165) is 12.8 Å². The third-order valence-electron chi connectivity index (χ3n) is 7.84. The molecule has 1 N–H and O–H groups in total. The highest BCUT2D eigenvalue weighted by Crippen LogP contribution is 2.67. The predicted molar refractivity (Wildman–Crippen MR) is 103 cm³/mol. The van der Waals surface area contributed by atoms with Gasteiger partial charge in [-0.25, -0.2) is 0 Å². The molecule has 1 saturated carbocycles. The number of carboxylic acid groups (broad SMARTS) is 1. The molecule has 1 aliphatic carbocycles. The molecule has 2 saturated heterocycles. The zero-order valence-corrected chi connectivity index (χ0v) is 17.9. The second kappa shape index (κ2) is 6.56. The van der Waals surface area contributed by atoms with Crippen molar-refractivity contribution in [2.75, 3.05) is 0 Å². The molecule has 0 unspecified atom stereocenters. The van der Waals surface area contributed by atoms with E-state index < -0.39 is 34.3 Å². The normalized spacial score (nSPS) is 46.9. The summed E-state index contributed by atoms with van der Waals surface area (Å²) >= 11 is 0. The van der Waals surface area contributed by atoms with Gasteiger partial charge in [-0.05, 0) is 32.6 Å². The molecule has 3 rings (SSSR count). The Balaban J connectivity index is 2.05. The number of hydrogen-bond acceptors (Lipinski definition) is 5. The Bertz CT molecular complexity index is 687. The van der Waals surface area contributed by atoms with Gasteiger partial charge in [0, 0.05) is 36.5 Å². The first-order chi connectivity index (χ1) is 12.8. The number of carboxylic acids is 1. The predicted octanol–water partition coefficient (Wildman–Crippen LogP) is 3.93. The van der Waals surface area contributed by atoms with Crippen molar-refractivity contribution < 1.29 is 28.9 Å². The average Bonchev–Trinajstić information content (AvgIpc) is 2.77.